The van der Waals surface area contributed by atoms with E-state index < -0.39 is 0 Å². The zero-order chi connectivity index (χ0) is 14.5. The molecule has 2 rings (SSSR count). The molecule has 3 heteroatoms. The minimum Gasteiger partial charge on any atom is -0.389 e. The number of fused-ring (bicyclic) bond motifs is 1. The molecule has 0 spiro atoms. The van der Waals surface area contributed by atoms with Crippen LogP contribution < -0.4 is 10.6 Å². The van der Waals surface area contributed by atoms with E-state index in [9.17, 15) is 0 Å². The Labute approximate surface area is 126 Å². The van der Waals surface area contributed by atoms with Gasteiger partial charge in [-0.3, -0.25) is 0 Å². The third-order valence-electron chi connectivity index (χ3n) is 3.67. The lowest BCUT2D eigenvalue weighted by molar-refractivity contribution is 0.734. The maximum atomic E-state index is 5.84. The maximum Gasteiger partial charge on any atom is 0.104 e. The molecule has 0 radical (unpaired) electrons. The van der Waals surface area contributed by atoms with Crippen LogP contribution in [0, 0.1) is 0 Å². The Balaban J connectivity index is 2.54. The van der Waals surface area contributed by atoms with E-state index in [0.29, 0.717) is 4.99 Å². The molecule has 0 saturated carbocycles. The molecule has 0 aromatic heterocycles. The van der Waals surface area contributed by atoms with Gasteiger partial charge in [-0.2, -0.15) is 0 Å². The van der Waals surface area contributed by atoms with Crippen molar-refractivity contribution in [2.75, 3.05) is 18.0 Å². The predicted octanol–water partition coefficient (Wildman–Crippen LogP) is 4.10. The van der Waals surface area contributed by atoms with Crippen molar-refractivity contribution in [2.45, 2.75) is 26.7 Å². The molecule has 0 atom stereocenters. The van der Waals surface area contributed by atoms with E-state index in [4.69, 9.17) is 18.0 Å². The van der Waals surface area contributed by atoms with E-state index in [1.165, 1.54) is 23.9 Å². The third-order valence-corrected chi connectivity index (χ3v) is 3.89. The molecule has 0 heterocycles. The number of rotatable bonds is 6. The van der Waals surface area contributed by atoms with Crippen molar-refractivity contribution in [3.63, 3.8) is 0 Å². The number of anilines is 1. The molecule has 0 aliphatic carbocycles. The summed E-state index contributed by atoms with van der Waals surface area (Å²) in [7, 11) is 0. The van der Waals surface area contributed by atoms with Gasteiger partial charge in [-0.1, -0.05) is 49.8 Å². The first-order valence-corrected chi connectivity index (χ1v) is 7.66. The van der Waals surface area contributed by atoms with Gasteiger partial charge in [0, 0.05) is 29.7 Å². The Hall–Kier alpha value is -1.61. The Morgan fingerprint density at radius 1 is 1.10 bits per heavy atom. The molecule has 20 heavy (non-hydrogen) atoms. The molecule has 2 N–H and O–H groups in total. The zero-order valence-electron chi connectivity index (χ0n) is 12.2. The number of hydrogen-bond acceptors (Lipinski definition) is 2. The van der Waals surface area contributed by atoms with Crippen molar-refractivity contribution in [2.24, 2.45) is 5.73 Å². The molecule has 0 amide bonds. The van der Waals surface area contributed by atoms with Gasteiger partial charge in [0.15, 0.2) is 0 Å². The summed E-state index contributed by atoms with van der Waals surface area (Å²) in [6, 6.07) is 12.6. The van der Waals surface area contributed by atoms with Crippen LogP contribution >= 0.6 is 12.2 Å². The van der Waals surface area contributed by atoms with Crippen molar-refractivity contribution in [3.05, 3.63) is 42.0 Å². The summed E-state index contributed by atoms with van der Waals surface area (Å²) in [5.74, 6) is 0. The molecule has 2 aromatic rings. The van der Waals surface area contributed by atoms with Crippen LogP contribution in [0.15, 0.2) is 36.4 Å². The lowest BCUT2D eigenvalue weighted by atomic mass is 10.0. The largest absolute Gasteiger partial charge is 0.389 e. The Bertz CT molecular complexity index is 607. The molecule has 0 bridgehead atoms. The first-order chi connectivity index (χ1) is 9.69. The first-order valence-electron chi connectivity index (χ1n) is 7.25. The van der Waals surface area contributed by atoms with Gasteiger partial charge in [0.05, 0.1) is 0 Å². The third kappa shape index (κ3) is 2.93. The van der Waals surface area contributed by atoms with Gasteiger partial charge in [-0.25, -0.2) is 0 Å². The van der Waals surface area contributed by atoms with Gasteiger partial charge in [0.1, 0.15) is 4.99 Å². The summed E-state index contributed by atoms with van der Waals surface area (Å²) in [5, 5.41) is 2.38. The lowest BCUT2D eigenvalue weighted by Crippen LogP contribution is -2.24. The monoisotopic (exact) mass is 286 g/mol. The summed E-state index contributed by atoms with van der Waals surface area (Å²) >= 11 is 5.16. The van der Waals surface area contributed by atoms with Crippen molar-refractivity contribution in [3.8, 4) is 0 Å². The molecule has 0 unspecified atom stereocenters. The molecule has 106 valence electrons. The Kier molecular flexibility index (Phi) is 4.96. The number of thiocarbonyl (C=S) groups is 1. The highest BCUT2D eigenvalue weighted by Crippen LogP contribution is 2.29. The molecule has 0 aliphatic heterocycles. The van der Waals surface area contributed by atoms with E-state index in [2.05, 4.69) is 49.1 Å². The number of benzene rings is 2. The fourth-order valence-electron chi connectivity index (χ4n) is 2.57. The second-order valence-corrected chi connectivity index (χ2v) is 5.42. The number of nitrogens with two attached hydrogens (primary N) is 1. The van der Waals surface area contributed by atoms with Crippen molar-refractivity contribution in [1.29, 1.82) is 0 Å². The smallest absolute Gasteiger partial charge is 0.104 e. The van der Waals surface area contributed by atoms with Crippen LogP contribution in [0.2, 0.25) is 0 Å². The van der Waals surface area contributed by atoms with Crippen LogP contribution in [0.25, 0.3) is 10.8 Å². The fraction of sp³-hybridized carbons (Fsp3) is 0.353. The predicted molar refractivity (Wildman–Crippen MR) is 92.6 cm³/mol. The molecule has 2 aromatic carbocycles. The Morgan fingerprint density at radius 3 is 2.40 bits per heavy atom. The summed E-state index contributed by atoms with van der Waals surface area (Å²) in [6.07, 6.45) is 2.42. The summed E-state index contributed by atoms with van der Waals surface area (Å²) < 4.78 is 0. The van der Waals surface area contributed by atoms with E-state index in [-0.39, 0.29) is 0 Å². The molecular weight excluding hydrogens is 264 g/mol. The summed E-state index contributed by atoms with van der Waals surface area (Å²) in [6.45, 7) is 6.52. The standard InChI is InChI=1S/C17H22N2S/c1-3-5-12-19(4-2)16-11-10-15(17(18)20)13-8-6-7-9-14(13)16/h6-11H,3-5,12H2,1-2H3,(H2,18,20). The van der Waals surface area contributed by atoms with Crippen LogP contribution in [0.5, 0.6) is 0 Å². The second-order valence-electron chi connectivity index (χ2n) is 4.98. The van der Waals surface area contributed by atoms with Crippen molar-refractivity contribution >= 4 is 33.7 Å². The quantitative estimate of drug-likeness (QED) is 0.811. The topological polar surface area (TPSA) is 29.3 Å². The number of nitrogens with zero attached hydrogens (tertiary/aromatic N) is 1. The highest BCUT2D eigenvalue weighted by molar-refractivity contribution is 7.80. The SMILES string of the molecule is CCCCN(CC)c1ccc(C(N)=S)c2ccccc12. The molecular formula is C17H22N2S. The summed E-state index contributed by atoms with van der Waals surface area (Å²) in [5.41, 5.74) is 8.07. The Morgan fingerprint density at radius 2 is 1.80 bits per heavy atom. The first kappa shape index (κ1) is 14.8. The van der Waals surface area contributed by atoms with Gasteiger partial charge in [0.25, 0.3) is 0 Å². The molecule has 2 nitrogen and oxygen atoms in total. The van der Waals surface area contributed by atoms with Crippen LogP contribution in [0.1, 0.15) is 32.3 Å². The molecule has 0 aliphatic rings. The average molecular weight is 286 g/mol. The van der Waals surface area contributed by atoms with Crippen LogP contribution in [0.3, 0.4) is 0 Å². The van der Waals surface area contributed by atoms with E-state index in [1.807, 2.05) is 6.07 Å². The van der Waals surface area contributed by atoms with E-state index in [1.54, 1.807) is 0 Å². The second kappa shape index (κ2) is 6.71. The normalized spacial score (nSPS) is 10.7. The van der Waals surface area contributed by atoms with Gasteiger partial charge in [-0.05, 0) is 30.9 Å². The van der Waals surface area contributed by atoms with Gasteiger partial charge in [0.2, 0.25) is 0 Å². The highest BCUT2D eigenvalue weighted by Gasteiger charge is 2.11. The molecule has 0 saturated heterocycles. The van der Waals surface area contributed by atoms with Crippen molar-refractivity contribution < 1.29 is 0 Å². The fourth-order valence-corrected chi connectivity index (χ4v) is 2.75. The zero-order valence-corrected chi connectivity index (χ0v) is 13.0. The van der Waals surface area contributed by atoms with Gasteiger partial charge in [-0.15, -0.1) is 0 Å². The molecule has 0 fully saturated rings. The number of unbranched alkanes of at least 4 members (excludes halogenated alkanes) is 1. The maximum absolute atomic E-state index is 5.84. The van der Waals surface area contributed by atoms with Gasteiger partial charge < -0.3 is 10.6 Å². The minimum absolute atomic E-state index is 0.462. The number of hydrogen-bond donors (Lipinski definition) is 1. The van der Waals surface area contributed by atoms with E-state index in [0.717, 1.165) is 24.0 Å². The highest BCUT2D eigenvalue weighted by atomic mass is 32.1. The van der Waals surface area contributed by atoms with Crippen molar-refractivity contribution in [1.82, 2.24) is 0 Å². The van der Waals surface area contributed by atoms with Gasteiger partial charge >= 0.3 is 0 Å². The minimum atomic E-state index is 0.462. The van der Waals surface area contributed by atoms with Crippen LogP contribution in [-0.2, 0) is 0 Å². The van der Waals surface area contributed by atoms with Crippen LogP contribution in [-0.4, -0.2) is 18.1 Å². The van der Waals surface area contributed by atoms with E-state index >= 15 is 0 Å². The lowest BCUT2D eigenvalue weighted by Gasteiger charge is -2.25. The van der Waals surface area contributed by atoms with Crippen LogP contribution in [0.4, 0.5) is 5.69 Å². The summed E-state index contributed by atoms with van der Waals surface area (Å²) in [4.78, 5) is 2.89. The average Bonchev–Trinajstić information content (AvgIpc) is 2.47.